The van der Waals surface area contributed by atoms with E-state index in [9.17, 15) is 10.2 Å². The van der Waals surface area contributed by atoms with Crippen molar-refractivity contribution in [3.63, 3.8) is 0 Å². The van der Waals surface area contributed by atoms with Crippen molar-refractivity contribution >= 4 is 0 Å². The fourth-order valence-electron chi connectivity index (χ4n) is 4.38. The average Bonchev–Trinajstić information content (AvgIpc) is 2.71. The molecule has 1 saturated heterocycles. The summed E-state index contributed by atoms with van der Waals surface area (Å²) in [4.78, 5) is 2.28. The lowest BCUT2D eigenvalue weighted by atomic mass is 9.81. The molecule has 2 aromatic carbocycles. The number of nitrogens with zero attached hydrogens (tertiary/aromatic N) is 1. The number of aryl methyl sites for hydroxylation is 1. The second kappa shape index (κ2) is 7.74. The van der Waals surface area contributed by atoms with Gasteiger partial charge in [0.05, 0.1) is 19.3 Å². The smallest absolute Gasteiger partial charge is 0.125 e. The summed E-state index contributed by atoms with van der Waals surface area (Å²) in [7, 11) is 1.64. The normalized spacial score (nSPS) is 22.4. The van der Waals surface area contributed by atoms with Gasteiger partial charge in [0, 0.05) is 31.6 Å². The van der Waals surface area contributed by atoms with E-state index in [1.807, 2.05) is 49.4 Å². The maximum absolute atomic E-state index is 10.7. The van der Waals surface area contributed by atoms with Crippen LogP contribution in [0.2, 0.25) is 0 Å². The first kappa shape index (κ1) is 19.2. The van der Waals surface area contributed by atoms with E-state index in [2.05, 4.69) is 4.90 Å². The van der Waals surface area contributed by atoms with Gasteiger partial charge in [-0.05, 0) is 49.6 Å². The van der Waals surface area contributed by atoms with Gasteiger partial charge in [-0.1, -0.05) is 23.8 Å². The summed E-state index contributed by atoms with van der Waals surface area (Å²) in [5.41, 5.74) is 2.64. The van der Waals surface area contributed by atoms with Crippen molar-refractivity contribution in [1.82, 2.24) is 4.90 Å². The minimum absolute atomic E-state index is 0.302. The molecule has 2 aliphatic heterocycles. The molecule has 0 aromatic heterocycles. The molecule has 4 rings (SSSR count). The summed E-state index contributed by atoms with van der Waals surface area (Å²) in [5, 5.41) is 21.2. The van der Waals surface area contributed by atoms with E-state index in [0.717, 1.165) is 54.1 Å². The molecule has 1 spiro atoms. The van der Waals surface area contributed by atoms with Crippen molar-refractivity contribution in [2.24, 2.45) is 0 Å². The van der Waals surface area contributed by atoms with Crippen LogP contribution in [0.15, 0.2) is 42.5 Å². The van der Waals surface area contributed by atoms with Crippen molar-refractivity contribution in [3.05, 3.63) is 59.2 Å². The molecule has 2 aliphatic rings. The van der Waals surface area contributed by atoms with E-state index in [-0.39, 0.29) is 5.60 Å². The highest BCUT2D eigenvalue weighted by molar-refractivity contribution is 5.41. The monoisotopic (exact) mass is 383 g/mol. The van der Waals surface area contributed by atoms with Gasteiger partial charge < -0.3 is 24.6 Å². The van der Waals surface area contributed by atoms with Crippen molar-refractivity contribution in [2.75, 3.05) is 26.7 Å². The molecule has 2 heterocycles. The molecule has 150 valence electrons. The molecule has 0 radical (unpaired) electrons. The van der Waals surface area contributed by atoms with Crippen molar-refractivity contribution in [1.29, 1.82) is 0 Å². The second-order valence-electron chi connectivity index (χ2n) is 8.14. The number of likely N-dealkylation sites (tertiary alicyclic amines) is 1. The number of methoxy groups -OCH3 is 1. The van der Waals surface area contributed by atoms with Crippen LogP contribution in [0.1, 0.15) is 48.2 Å². The molecule has 0 amide bonds. The summed E-state index contributed by atoms with van der Waals surface area (Å²) in [6.07, 6.45) is 1.35. The predicted octanol–water partition coefficient (Wildman–Crippen LogP) is 3.39. The summed E-state index contributed by atoms with van der Waals surface area (Å²) < 4.78 is 11.6. The third kappa shape index (κ3) is 3.88. The standard InChI is InChI=1S/C23H29NO4/c1-16-3-8-22-19(13-16)20(25)14-23(28-22)9-11-24(12-10-23)15-21(26)17-4-6-18(27-2)7-5-17/h3-8,13,20-21,25-26H,9-12,14-15H2,1-2H3/t20-,21-/m1/s1. The highest BCUT2D eigenvalue weighted by Gasteiger charge is 2.43. The van der Waals surface area contributed by atoms with Crippen LogP contribution in [0.4, 0.5) is 0 Å². The van der Waals surface area contributed by atoms with Crippen molar-refractivity contribution < 1.29 is 19.7 Å². The highest BCUT2D eigenvalue weighted by Crippen LogP contribution is 2.44. The average molecular weight is 383 g/mol. The number of ether oxygens (including phenoxy) is 2. The van der Waals surface area contributed by atoms with Gasteiger partial charge in [-0.15, -0.1) is 0 Å². The lowest BCUT2D eigenvalue weighted by Crippen LogP contribution is -2.51. The maximum Gasteiger partial charge on any atom is 0.125 e. The van der Waals surface area contributed by atoms with Crippen LogP contribution < -0.4 is 9.47 Å². The Hall–Kier alpha value is -2.08. The van der Waals surface area contributed by atoms with Gasteiger partial charge in [0.1, 0.15) is 17.1 Å². The number of piperidine rings is 1. The van der Waals surface area contributed by atoms with Crippen LogP contribution in [-0.4, -0.2) is 47.5 Å². The molecule has 0 saturated carbocycles. The summed E-state index contributed by atoms with van der Waals surface area (Å²) in [5.74, 6) is 1.61. The van der Waals surface area contributed by atoms with Gasteiger partial charge in [0.2, 0.25) is 0 Å². The molecule has 5 nitrogen and oxygen atoms in total. The zero-order valence-electron chi connectivity index (χ0n) is 16.6. The Kier molecular flexibility index (Phi) is 5.32. The van der Waals surface area contributed by atoms with Gasteiger partial charge in [-0.2, -0.15) is 0 Å². The minimum atomic E-state index is -0.526. The lowest BCUT2D eigenvalue weighted by molar-refractivity contribution is -0.0588. The van der Waals surface area contributed by atoms with E-state index in [1.165, 1.54) is 0 Å². The molecule has 2 atom stereocenters. The topological polar surface area (TPSA) is 62.2 Å². The second-order valence-corrected chi connectivity index (χ2v) is 8.14. The number of β-amino-alcohol motifs (C(OH)–C–C–N with tert-alkyl or cyclic N) is 1. The minimum Gasteiger partial charge on any atom is -0.497 e. The molecule has 28 heavy (non-hydrogen) atoms. The number of rotatable bonds is 4. The van der Waals surface area contributed by atoms with Gasteiger partial charge in [-0.25, -0.2) is 0 Å². The number of aliphatic hydroxyl groups excluding tert-OH is 2. The summed E-state index contributed by atoms with van der Waals surface area (Å²) in [6.45, 7) is 4.33. The van der Waals surface area contributed by atoms with E-state index in [4.69, 9.17) is 9.47 Å². The van der Waals surface area contributed by atoms with Crippen LogP contribution in [0, 0.1) is 6.92 Å². The van der Waals surface area contributed by atoms with E-state index in [0.29, 0.717) is 13.0 Å². The SMILES string of the molecule is COc1ccc([C@H](O)CN2CCC3(CC2)C[C@@H](O)c2cc(C)ccc2O3)cc1. The van der Waals surface area contributed by atoms with Crippen molar-refractivity contribution in [3.8, 4) is 11.5 Å². The van der Waals surface area contributed by atoms with E-state index in [1.54, 1.807) is 7.11 Å². The third-order valence-corrected chi connectivity index (χ3v) is 6.12. The summed E-state index contributed by atoms with van der Waals surface area (Å²) >= 11 is 0. The van der Waals surface area contributed by atoms with Gasteiger partial charge >= 0.3 is 0 Å². The third-order valence-electron chi connectivity index (χ3n) is 6.12. The Labute approximate surface area is 166 Å². The highest BCUT2D eigenvalue weighted by atomic mass is 16.5. The molecule has 0 aliphatic carbocycles. The van der Waals surface area contributed by atoms with Gasteiger partial charge in [0.15, 0.2) is 0 Å². The molecule has 0 unspecified atom stereocenters. The number of fused-ring (bicyclic) bond motifs is 1. The van der Waals surface area contributed by atoms with E-state index < -0.39 is 12.2 Å². The fourth-order valence-corrected chi connectivity index (χ4v) is 4.38. The van der Waals surface area contributed by atoms with Gasteiger partial charge in [0.25, 0.3) is 0 Å². The molecule has 5 heteroatoms. The van der Waals surface area contributed by atoms with Gasteiger partial charge in [-0.3, -0.25) is 0 Å². The quantitative estimate of drug-likeness (QED) is 0.847. The Morgan fingerprint density at radius 3 is 2.57 bits per heavy atom. The summed E-state index contributed by atoms with van der Waals surface area (Å²) in [6, 6.07) is 13.6. The van der Waals surface area contributed by atoms with Crippen LogP contribution in [0.3, 0.4) is 0 Å². The van der Waals surface area contributed by atoms with Crippen LogP contribution in [0.5, 0.6) is 11.5 Å². The van der Waals surface area contributed by atoms with Crippen LogP contribution in [0.25, 0.3) is 0 Å². The molecule has 0 bridgehead atoms. The maximum atomic E-state index is 10.7. The lowest BCUT2D eigenvalue weighted by Gasteiger charge is -2.46. The number of hydrogen-bond acceptors (Lipinski definition) is 5. The predicted molar refractivity (Wildman–Crippen MR) is 108 cm³/mol. The number of benzene rings is 2. The zero-order valence-corrected chi connectivity index (χ0v) is 16.6. The molecular weight excluding hydrogens is 354 g/mol. The molecular formula is C23H29NO4. The van der Waals surface area contributed by atoms with Crippen LogP contribution >= 0.6 is 0 Å². The Bertz CT molecular complexity index is 812. The largest absolute Gasteiger partial charge is 0.497 e. The fraction of sp³-hybridized carbons (Fsp3) is 0.478. The molecule has 2 aromatic rings. The van der Waals surface area contributed by atoms with Crippen LogP contribution in [-0.2, 0) is 0 Å². The molecule has 1 fully saturated rings. The molecule has 2 N–H and O–H groups in total. The first-order chi connectivity index (χ1) is 13.5. The van der Waals surface area contributed by atoms with Crippen molar-refractivity contribution in [2.45, 2.75) is 44.0 Å². The first-order valence-corrected chi connectivity index (χ1v) is 10.00. The number of aliphatic hydroxyl groups is 2. The Morgan fingerprint density at radius 2 is 1.89 bits per heavy atom. The first-order valence-electron chi connectivity index (χ1n) is 10.00. The number of hydrogen-bond donors (Lipinski definition) is 2. The Balaban J connectivity index is 1.37. The zero-order chi connectivity index (χ0) is 19.7. The van der Waals surface area contributed by atoms with E-state index >= 15 is 0 Å². The Morgan fingerprint density at radius 1 is 1.18 bits per heavy atom.